The summed E-state index contributed by atoms with van der Waals surface area (Å²) in [5, 5.41) is 13.6. The Bertz CT molecular complexity index is 1090. The highest BCUT2D eigenvalue weighted by Crippen LogP contribution is 2.41. The first-order valence-electron chi connectivity index (χ1n) is 9.50. The zero-order chi connectivity index (χ0) is 21.5. The molecule has 0 N–H and O–H groups in total. The molecule has 4 rings (SSSR count). The van der Waals surface area contributed by atoms with Crippen molar-refractivity contribution in [2.75, 3.05) is 19.7 Å². The zero-order valence-corrected chi connectivity index (χ0v) is 18.2. The number of hydrogen-bond donors (Lipinski definition) is 0. The van der Waals surface area contributed by atoms with Gasteiger partial charge in [0.1, 0.15) is 24.3 Å². The van der Waals surface area contributed by atoms with Gasteiger partial charge in [-0.15, -0.1) is 0 Å². The number of morpholine rings is 1. The van der Waals surface area contributed by atoms with Gasteiger partial charge >= 0.3 is 0 Å². The molecular formula is C21H20BrN5O3. The molecule has 1 aliphatic heterocycles. The van der Waals surface area contributed by atoms with Gasteiger partial charge in [0.25, 0.3) is 5.91 Å². The number of ether oxygens (including phenoxy) is 1. The fraction of sp³-hybridized carbons (Fsp3) is 0.381. The molecule has 30 heavy (non-hydrogen) atoms. The third-order valence-electron chi connectivity index (χ3n) is 5.48. The van der Waals surface area contributed by atoms with Crippen molar-refractivity contribution >= 4 is 27.6 Å². The Kier molecular flexibility index (Phi) is 5.08. The number of nitrogens with zero attached hydrogens (tertiary/aromatic N) is 5. The number of hydrogen-bond acceptors (Lipinski definition) is 6. The molecule has 1 atom stereocenters. The van der Waals surface area contributed by atoms with Crippen LogP contribution < -0.4 is 0 Å². The molecule has 1 spiro atoms. The lowest BCUT2D eigenvalue weighted by Gasteiger charge is -2.46. The van der Waals surface area contributed by atoms with Crippen LogP contribution in [-0.2, 0) is 9.53 Å². The van der Waals surface area contributed by atoms with E-state index in [1.54, 1.807) is 27.8 Å². The molecule has 1 fully saturated rings. The summed E-state index contributed by atoms with van der Waals surface area (Å²) in [4.78, 5) is 31.7. The van der Waals surface area contributed by atoms with E-state index in [-0.39, 0.29) is 23.8 Å². The number of carbonyl (C=O) groups is 2. The fourth-order valence-corrected chi connectivity index (χ4v) is 4.56. The summed E-state index contributed by atoms with van der Waals surface area (Å²) >= 11 is 3.44. The second-order valence-corrected chi connectivity index (χ2v) is 9.12. The van der Waals surface area contributed by atoms with Crippen molar-refractivity contribution in [3.8, 4) is 11.8 Å². The van der Waals surface area contributed by atoms with Crippen molar-refractivity contribution in [1.82, 2.24) is 19.7 Å². The van der Waals surface area contributed by atoms with Gasteiger partial charge in [-0.1, -0.05) is 29.8 Å². The summed E-state index contributed by atoms with van der Waals surface area (Å²) in [5.41, 5.74) is -0.419. The van der Waals surface area contributed by atoms with Crippen LogP contribution in [0, 0.1) is 16.7 Å². The van der Waals surface area contributed by atoms with Crippen LogP contribution >= 0.6 is 15.9 Å². The zero-order valence-electron chi connectivity index (χ0n) is 16.6. The number of benzene rings is 1. The Labute approximate surface area is 182 Å². The molecule has 0 saturated carbocycles. The average Bonchev–Trinajstić information content (AvgIpc) is 3.25. The Morgan fingerprint density at radius 2 is 2.17 bits per heavy atom. The van der Waals surface area contributed by atoms with Gasteiger partial charge in [0.05, 0.1) is 30.0 Å². The number of amides is 1. The number of Topliss-reactive ketones (excluding diaryl/α,β-unsaturated/α-hetero) is 1. The predicted molar refractivity (Wildman–Crippen MR) is 111 cm³/mol. The highest BCUT2D eigenvalue weighted by molar-refractivity contribution is 9.10. The van der Waals surface area contributed by atoms with Gasteiger partial charge in [-0.3, -0.25) is 9.59 Å². The minimum Gasteiger partial charge on any atom is -0.367 e. The summed E-state index contributed by atoms with van der Waals surface area (Å²) in [7, 11) is 0. The Morgan fingerprint density at radius 3 is 2.87 bits per heavy atom. The number of allylic oxidation sites excluding steroid dienone is 1. The molecule has 9 heteroatoms. The summed E-state index contributed by atoms with van der Waals surface area (Å²) in [6, 6.07) is 7.36. The van der Waals surface area contributed by atoms with Gasteiger partial charge < -0.3 is 9.64 Å². The van der Waals surface area contributed by atoms with Crippen molar-refractivity contribution in [1.29, 1.82) is 5.26 Å². The first kappa shape index (κ1) is 20.4. The number of ketones is 1. The number of nitriles is 1. The van der Waals surface area contributed by atoms with E-state index in [4.69, 9.17) is 4.74 Å². The molecule has 0 bridgehead atoms. The van der Waals surface area contributed by atoms with Crippen LogP contribution in [0.25, 0.3) is 5.69 Å². The second kappa shape index (κ2) is 7.45. The lowest BCUT2D eigenvalue weighted by atomic mass is 9.69. The third kappa shape index (κ3) is 3.57. The van der Waals surface area contributed by atoms with Crippen LogP contribution in [0.3, 0.4) is 0 Å². The molecule has 1 unspecified atom stereocenters. The van der Waals surface area contributed by atoms with E-state index in [2.05, 4.69) is 26.0 Å². The predicted octanol–water partition coefficient (Wildman–Crippen LogP) is 2.69. The quantitative estimate of drug-likeness (QED) is 0.669. The monoisotopic (exact) mass is 469 g/mol. The van der Waals surface area contributed by atoms with E-state index in [1.807, 2.05) is 26.0 Å². The van der Waals surface area contributed by atoms with Crippen LogP contribution in [0.2, 0.25) is 0 Å². The Morgan fingerprint density at radius 1 is 1.37 bits per heavy atom. The average molecular weight is 470 g/mol. The van der Waals surface area contributed by atoms with Crippen LogP contribution in [0.4, 0.5) is 0 Å². The maximum atomic E-state index is 13.5. The van der Waals surface area contributed by atoms with E-state index < -0.39 is 11.0 Å². The SMILES string of the molecule is CC1(C)CC2(C=C(C#N)C1=O)CN(C(=O)c1ccc(Br)cc1-n1cncn1)CCO2. The molecule has 1 aliphatic carbocycles. The second-order valence-electron chi connectivity index (χ2n) is 8.20. The minimum atomic E-state index is -0.862. The van der Waals surface area contributed by atoms with Crippen molar-refractivity contribution in [3.63, 3.8) is 0 Å². The highest BCUT2D eigenvalue weighted by Gasteiger charge is 2.48. The van der Waals surface area contributed by atoms with Crippen LogP contribution in [-0.4, -0.2) is 56.7 Å². The molecule has 8 nitrogen and oxygen atoms in total. The molecule has 1 amide bonds. The smallest absolute Gasteiger partial charge is 0.256 e. The topological polar surface area (TPSA) is 101 Å². The maximum absolute atomic E-state index is 13.5. The van der Waals surface area contributed by atoms with Gasteiger partial charge in [-0.2, -0.15) is 10.4 Å². The number of aromatic nitrogens is 3. The minimum absolute atomic E-state index is 0.0903. The van der Waals surface area contributed by atoms with Crippen molar-refractivity contribution < 1.29 is 14.3 Å². The Hall–Kier alpha value is -2.83. The molecule has 2 heterocycles. The summed E-state index contributed by atoms with van der Waals surface area (Å²) in [5.74, 6) is -0.360. The van der Waals surface area contributed by atoms with Gasteiger partial charge in [0.15, 0.2) is 5.78 Å². The van der Waals surface area contributed by atoms with E-state index in [9.17, 15) is 14.9 Å². The first-order chi connectivity index (χ1) is 14.2. The standard InChI is InChI=1S/C21H20BrN5O3/c1-20(2)10-21(8-14(9-23)18(20)28)11-26(5-6-30-21)19(29)16-4-3-15(22)7-17(16)27-13-24-12-25-27/h3-4,7-8,12-13H,5-6,10-11H2,1-2H3. The normalized spacial score (nSPS) is 23.2. The molecule has 1 aromatic carbocycles. The Balaban J connectivity index is 1.69. The van der Waals surface area contributed by atoms with E-state index in [1.165, 1.54) is 12.7 Å². The number of halogens is 1. The lowest BCUT2D eigenvalue weighted by molar-refractivity contribution is -0.134. The van der Waals surface area contributed by atoms with Gasteiger partial charge in [-0.25, -0.2) is 9.67 Å². The van der Waals surface area contributed by atoms with Crippen LogP contribution in [0.1, 0.15) is 30.6 Å². The van der Waals surface area contributed by atoms with E-state index >= 15 is 0 Å². The van der Waals surface area contributed by atoms with E-state index in [0.717, 1.165) is 4.47 Å². The van der Waals surface area contributed by atoms with Crippen LogP contribution in [0.5, 0.6) is 0 Å². The van der Waals surface area contributed by atoms with Gasteiger partial charge in [0, 0.05) is 16.4 Å². The molecule has 0 radical (unpaired) electrons. The summed E-state index contributed by atoms with van der Waals surface area (Å²) < 4.78 is 8.41. The lowest BCUT2D eigenvalue weighted by Crippen LogP contribution is -2.57. The number of rotatable bonds is 2. The molecule has 2 aliphatic rings. The van der Waals surface area contributed by atoms with Crippen molar-refractivity contribution in [2.24, 2.45) is 5.41 Å². The molecule has 2 aromatic rings. The van der Waals surface area contributed by atoms with Crippen molar-refractivity contribution in [3.05, 3.63) is 52.5 Å². The molecular weight excluding hydrogens is 450 g/mol. The molecule has 1 saturated heterocycles. The van der Waals surface area contributed by atoms with Crippen LogP contribution in [0.15, 0.2) is 47.0 Å². The molecule has 154 valence electrons. The van der Waals surface area contributed by atoms with E-state index in [0.29, 0.717) is 30.8 Å². The van der Waals surface area contributed by atoms with Crippen molar-refractivity contribution in [2.45, 2.75) is 25.9 Å². The fourth-order valence-electron chi connectivity index (χ4n) is 4.21. The third-order valence-corrected chi connectivity index (χ3v) is 5.97. The number of carbonyl (C=O) groups excluding carboxylic acids is 2. The largest absolute Gasteiger partial charge is 0.367 e. The highest BCUT2D eigenvalue weighted by atomic mass is 79.9. The maximum Gasteiger partial charge on any atom is 0.256 e. The van der Waals surface area contributed by atoms with Gasteiger partial charge in [0.2, 0.25) is 0 Å². The first-order valence-corrected chi connectivity index (χ1v) is 10.3. The summed E-state index contributed by atoms with van der Waals surface area (Å²) in [6.45, 7) is 4.62. The van der Waals surface area contributed by atoms with Gasteiger partial charge in [-0.05, 0) is 30.7 Å². The molecule has 1 aromatic heterocycles. The summed E-state index contributed by atoms with van der Waals surface area (Å²) in [6.07, 6.45) is 4.95.